The maximum Gasteiger partial charge on any atom is 0.241 e. The second-order valence-electron chi connectivity index (χ2n) is 6.61. The quantitative estimate of drug-likeness (QED) is 0.874. The Morgan fingerprint density at radius 3 is 3.07 bits per heavy atom. The molecule has 2 aromatic rings. The lowest BCUT2D eigenvalue weighted by Gasteiger charge is -2.24. The van der Waals surface area contributed by atoms with Gasteiger partial charge in [0.2, 0.25) is 12.7 Å². The van der Waals surface area contributed by atoms with Gasteiger partial charge in [0.15, 0.2) is 11.5 Å². The van der Waals surface area contributed by atoms with E-state index in [-0.39, 0.29) is 18.7 Å². The predicted octanol–water partition coefficient (Wildman–Crippen LogP) is 3.17. The van der Waals surface area contributed by atoms with Gasteiger partial charge in [-0.2, -0.15) is 0 Å². The summed E-state index contributed by atoms with van der Waals surface area (Å²) in [5.41, 5.74) is 1.47. The first-order chi connectivity index (χ1) is 13.2. The SMILES string of the molecule is COc1cc(F)ccc1NC(=O)C1CCCN1Cc1cccc2c1OCO2. The van der Waals surface area contributed by atoms with Crippen LogP contribution in [0.3, 0.4) is 0 Å². The normalized spacial score (nSPS) is 18.5. The molecule has 0 aliphatic carbocycles. The Bertz CT molecular complexity index is 858. The minimum Gasteiger partial charge on any atom is -0.494 e. The number of halogens is 1. The second-order valence-corrected chi connectivity index (χ2v) is 6.61. The van der Waals surface area contributed by atoms with Crippen molar-refractivity contribution >= 4 is 11.6 Å². The van der Waals surface area contributed by atoms with Crippen LogP contribution >= 0.6 is 0 Å². The Morgan fingerprint density at radius 2 is 2.22 bits per heavy atom. The number of anilines is 1. The molecule has 0 radical (unpaired) electrons. The minimum absolute atomic E-state index is 0.123. The Morgan fingerprint density at radius 1 is 1.33 bits per heavy atom. The van der Waals surface area contributed by atoms with Gasteiger partial charge in [0.05, 0.1) is 18.8 Å². The molecule has 4 rings (SSSR count). The Labute approximate surface area is 156 Å². The third-order valence-corrected chi connectivity index (χ3v) is 4.94. The number of benzene rings is 2. The molecule has 142 valence electrons. The monoisotopic (exact) mass is 372 g/mol. The molecular formula is C20H21FN2O4. The number of rotatable bonds is 5. The lowest BCUT2D eigenvalue weighted by Crippen LogP contribution is -2.39. The number of likely N-dealkylation sites (tertiary alicyclic amines) is 1. The first kappa shape index (κ1) is 17.6. The van der Waals surface area contributed by atoms with E-state index in [0.717, 1.165) is 36.4 Å². The molecule has 2 aliphatic heterocycles. The van der Waals surface area contributed by atoms with E-state index < -0.39 is 5.82 Å². The fourth-order valence-corrected chi connectivity index (χ4v) is 3.63. The van der Waals surface area contributed by atoms with Crippen LogP contribution in [-0.2, 0) is 11.3 Å². The maximum atomic E-state index is 13.4. The summed E-state index contributed by atoms with van der Waals surface area (Å²) in [6.45, 7) is 1.65. The van der Waals surface area contributed by atoms with Gasteiger partial charge in [0.1, 0.15) is 11.6 Å². The number of carbonyl (C=O) groups excluding carboxylic acids is 1. The van der Waals surface area contributed by atoms with Gasteiger partial charge in [0, 0.05) is 18.2 Å². The number of fused-ring (bicyclic) bond motifs is 1. The second kappa shape index (κ2) is 7.44. The molecule has 2 aliphatic rings. The molecule has 2 aromatic carbocycles. The van der Waals surface area contributed by atoms with E-state index >= 15 is 0 Å². The average molecular weight is 372 g/mol. The summed E-state index contributed by atoms with van der Waals surface area (Å²) in [4.78, 5) is 15.0. The zero-order valence-electron chi connectivity index (χ0n) is 15.0. The molecule has 1 unspecified atom stereocenters. The molecule has 1 atom stereocenters. The van der Waals surface area contributed by atoms with Crippen LogP contribution in [0.4, 0.5) is 10.1 Å². The Kier molecular flexibility index (Phi) is 4.85. The van der Waals surface area contributed by atoms with E-state index in [1.165, 1.54) is 25.3 Å². The number of hydrogen-bond donors (Lipinski definition) is 1. The fraction of sp³-hybridized carbons (Fsp3) is 0.350. The molecule has 0 spiro atoms. The molecule has 1 amide bonds. The van der Waals surface area contributed by atoms with Crippen molar-refractivity contribution in [3.05, 3.63) is 47.8 Å². The smallest absolute Gasteiger partial charge is 0.241 e. The van der Waals surface area contributed by atoms with Crippen LogP contribution in [-0.4, -0.2) is 37.3 Å². The van der Waals surface area contributed by atoms with Crippen LogP contribution in [0.2, 0.25) is 0 Å². The molecular weight excluding hydrogens is 351 g/mol. The third kappa shape index (κ3) is 3.55. The number of para-hydroxylation sites is 1. The van der Waals surface area contributed by atoms with E-state index in [4.69, 9.17) is 14.2 Å². The summed E-state index contributed by atoms with van der Waals surface area (Å²) in [6.07, 6.45) is 1.70. The number of nitrogens with one attached hydrogen (secondary N) is 1. The molecule has 1 fully saturated rings. The molecule has 1 N–H and O–H groups in total. The van der Waals surface area contributed by atoms with E-state index in [1.807, 2.05) is 18.2 Å². The molecule has 0 aromatic heterocycles. The van der Waals surface area contributed by atoms with Gasteiger partial charge in [-0.15, -0.1) is 0 Å². The van der Waals surface area contributed by atoms with Crippen molar-refractivity contribution in [1.29, 1.82) is 0 Å². The van der Waals surface area contributed by atoms with Crippen molar-refractivity contribution < 1.29 is 23.4 Å². The molecule has 0 saturated carbocycles. The molecule has 0 bridgehead atoms. The predicted molar refractivity (Wildman–Crippen MR) is 97.6 cm³/mol. The Hall–Kier alpha value is -2.80. The zero-order valence-corrected chi connectivity index (χ0v) is 15.0. The summed E-state index contributed by atoms with van der Waals surface area (Å²) in [6, 6.07) is 9.60. The van der Waals surface area contributed by atoms with Crippen LogP contribution in [0.5, 0.6) is 17.2 Å². The van der Waals surface area contributed by atoms with Crippen molar-refractivity contribution in [2.24, 2.45) is 0 Å². The van der Waals surface area contributed by atoms with Crippen molar-refractivity contribution in [1.82, 2.24) is 4.90 Å². The summed E-state index contributed by atoms with van der Waals surface area (Å²) in [7, 11) is 1.45. The summed E-state index contributed by atoms with van der Waals surface area (Å²) >= 11 is 0. The van der Waals surface area contributed by atoms with Crippen LogP contribution in [0.15, 0.2) is 36.4 Å². The first-order valence-corrected chi connectivity index (χ1v) is 8.91. The minimum atomic E-state index is -0.410. The van der Waals surface area contributed by atoms with Crippen LogP contribution in [0.1, 0.15) is 18.4 Å². The topological polar surface area (TPSA) is 60.0 Å². The van der Waals surface area contributed by atoms with Gasteiger partial charge >= 0.3 is 0 Å². The van der Waals surface area contributed by atoms with Crippen LogP contribution in [0.25, 0.3) is 0 Å². The number of ether oxygens (including phenoxy) is 3. The molecule has 1 saturated heterocycles. The van der Waals surface area contributed by atoms with Crippen molar-refractivity contribution in [2.45, 2.75) is 25.4 Å². The van der Waals surface area contributed by atoms with Crippen molar-refractivity contribution in [3.63, 3.8) is 0 Å². The van der Waals surface area contributed by atoms with Gasteiger partial charge < -0.3 is 19.5 Å². The van der Waals surface area contributed by atoms with E-state index in [0.29, 0.717) is 18.0 Å². The van der Waals surface area contributed by atoms with E-state index in [2.05, 4.69) is 10.2 Å². The molecule has 27 heavy (non-hydrogen) atoms. The summed E-state index contributed by atoms with van der Waals surface area (Å²) in [5, 5.41) is 2.87. The van der Waals surface area contributed by atoms with Crippen molar-refractivity contribution in [3.8, 4) is 17.2 Å². The Balaban J connectivity index is 1.49. The largest absolute Gasteiger partial charge is 0.494 e. The molecule has 2 heterocycles. The fourth-order valence-electron chi connectivity index (χ4n) is 3.63. The lowest BCUT2D eigenvalue weighted by molar-refractivity contribution is -0.120. The van der Waals surface area contributed by atoms with Gasteiger partial charge in [0.25, 0.3) is 0 Å². The van der Waals surface area contributed by atoms with Crippen molar-refractivity contribution in [2.75, 3.05) is 25.8 Å². The van der Waals surface area contributed by atoms with Gasteiger partial charge in [-0.3, -0.25) is 9.69 Å². The average Bonchev–Trinajstić information content (AvgIpc) is 3.33. The zero-order chi connectivity index (χ0) is 18.8. The van der Waals surface area contributed by atoms with Gasteiger partial charge in [-0.05, 0) is 37.6 Å². The van der Waals surface area contributed by atoms with Crippen LogP contribution < -0.4 is 19.5 Å². The summed E-state index contributed by atoms with van der Waals surface area (Å²) < 4.78 is 29.5. The third-order valence-electron chi connectivity index (χ3n) is 4.94. The first-order valence-electron chi connectivity index (χ1n) is 8.91. The van der Waals surface area contributed by atoms with Crippen LogP contribution in [0, 0.1) is 5.82 Å². The highest BCUT2D eigenvalue weighted by Crippen LogP contribution is 2.37. The standard InChI is InChI=1S/C20H21FN2O4/c1-25-18-10-14(21)7-8-15(18)22-20(24)16-5-3-9-23(16)11-13-4-2-6-17-19(13)27-12-26-17/h2,4,6-8,10,16H,3,5,9,11-12H2,1H3,(H,22,24). The highest BCUT2D eigenvalue weighted by molar-refractivity contribution is 5.96. The number of amides is 1. The maximum absolute atomic E-state index is 13.4. The molecule has 6 nitrogen and oxygen atoms in total. The highest BCUT2D eigenvalue weighted by Gasteiger charge is 2.32. The van der Waals surface area contributed by atoms with Gasteiger partial charge in [-0.1, -0.05) is 12.1 Å². The number of nitrogens with zero attached hydrogens (tertiary/aromatic N) is 1. The number of carbonyl (C=O) groups is 1. The van der Waals surface area contributed by atoms with E-state index in [1.54, 1.807) is 0 Å². The number of methoxy groups -OCH3 is 1. The number of hydrogen-bond acceptors (Lipinski definition) is 5. The van der Waals surface area contributed by atoms with Gasteiger partial charge in [-0.25, -0.2) is 4.39 Å². The molecule has 7 heteroatoms. The summed E-state index contributed by atoms with van der Waals surface area (Å²) in [5.74, 6) is 1.27. The highest BCUT2D eigenvalue weighted by atomic mass is 19.1. The lowest BCUT2D eigenvalue weighted by atomic mass is 10.1. The van der Waals surface area contributed by atoms with E-state index in [9.17, 15) is 9.18 Å².